The molecule has 0 aliphatic carbocycles. The average Bonchev–Trinajstić information content (AvgIpc) is 2.55. The van der Waals surface area contributed by atoms with Crippen molar-refractivity contribution in [1.29, 1.82) is 0 Å². The average molecular weight is 332 g/mol. The zero-order valence-electron chi connectivity index (χ0n) is 11.9. The molecule has 1 N–H and O–H groups in total. The molecule has 2 heterocycles. The molecule has 0 atom stereocenters. The monoisotopic (exact) mass is 331 g/mol. The molecule has 0 aliphatic heterocycles. The zero-order chi connectivity index (χ0) is 16.2. The quantitative estimate of drug-likeness (QED) is 0.753. The van der Waals surface area contributed by atoms with Gasteiger partial charge in [0.25, 0.3) is 0 Å². The van der Waals surface area contributed by atoms with Gasteiger partial charge < -0.3 is 5.32 Å². The number of rotatable bonds is 4. The van der Waals surface area contributed by atoms with Gasteiger partial charge in [-0.15, -0.1) is 0 Å². The second kappa shape index (κ2) is 6.71. The van der Waals surface area contributed by atoms with Crippen LogP contribution in [-0.2, 0) is 6.54 Å². The smallest absolute Gasteiger partial charge is 0.150 e. The molecular weight excluding hydrogens is 320 g/mol. The van der Waals surface area contributed by atoms with Crippen molar-refractivity contribution in [3.8, 4) is 11.3 Å². The topological polar surface area (TPSA) is 37.8 Å². The highest BCUT2D eigenvalue weighted by atomic mass is 35.5. The summed E-state index contributed by atoms with van der Waals surface area (Å²) in [6.45, 7) is 0.394. The lowest BCUT2D eigenvalue weighted by Gasteiger charge is -2.10. The fraction of sp³-hybridized carbons (Fsp3) is 0.0588. The Morgan fingerprint density at radius 1 is 1.09 bits per heavy atom. The molecule has 6 heteroatoms. The van der Waals surface area contributed by atoms with E-state index in [-0.39, 0.29) is 11.4 Å². The molecule has 0 radical (unpaired) electrons. The molecule has 3 aromatic rings. The summed E-state index contributed by atoms with van der Waals surface area (Å²) in [7, 11) is 0. The molecule has 0 spiro atoms. The number of halogens is 3. The fourth-order valence-electron chi connectivity index (χ4n) is 2.14. The van der Waals surface area contributed by atoms with Crippen molar-refractivity contribution < 1.29 is 8.78 Å². The van der Waals surface area contributed by atoms with Crippen molar-refractivity contribution in [3.63, 3.8) is 0 Å². The first-order chi connectivity index (χ1) is 11.1. The molecule has 116 valence electrons. The Bertz CT molecular complexity index is 840. The van der Waals surface area contributed by atoms with Crippen LogP contribution < -0.4 is 5.32 Å². The normalized spacial score (nSPS) is 10.6. The molecule has 0 saturated carbocycles. The predicted molar refractivity (Wildman–Crippen MR) is 86.2 cm³/mol. The van der Waals surface area contributed by atoms with E-state index >= 15 is 0 Å². The van der Waals surface area contributed by atoms with E-state index in [4.69, 9.17) is 11.6 Å². The van der Waals surface area contributed by atoms with E-state index in [0.29, 0.717) is 23.1 Å². The van der Waals surface area contributed by atoms with E-state index in [1.165, 1.54) is 24.4 Å². The van der Waals surface area contributed by atoms with E-state index in [2.05, 4.69) is 15.3 Å². The van der Waals surface area contributed by atoms with Gasteiger partial charge in [-0.1, -0.05) is 23.7 Å². The minimum Gasteiger partial charge on any atom is -0.366 e. The number of pyridine rings is 2. The Balaban J connectivity index is 1.85. The Morgan fingerprint density at radius 3 is 2.74 bits per heavy atom. The third-order valence-electron chi connectivity index (χ3n) is 3.24. The number of benzene rings is 1. The van der Waals surface area contributed by atoms with Crippen molar-refractivity contribution in [3.05, 3.63) is 77.1 Å². The second-order valence-electron chi connectivity index (χ2n) is 4.87. The molecule has 0 bridgehead atoms. The van der Waals surface area contributed by atoms with Crippen molar-refractivity contribution in [1.82, 2.24) is 9.97 Å². The highest BCUT2D eigenvalue weighted by Gasteiger charge is 2.11. The van der Waals surface area contributed by atoms with Crippen molar-refractivity contribution in [2.75, 3.05) is 5.32 Å². The third kappa shape index (κ3) is 3.63. The van der Waals surface area contributed by atoms with Gasteiger partial charge in [0.2, 0.25) is 0 Å². The Kier molecular flexibility index (Phi) is 4.48. The van der Waals surface area contributed by atoms with Crippen LogP contribution in [0.5, 0.6) is 0 Å². The van der Waals surface area contributed by atoms with Crippen LogP contribution in [0.1, 0.15) is 5.56 Å². The van der Waals surface area contributed by atoms with Gasteiger partial charge in [0.15, 0.2) is 5.82 Å². The number of anilines is 1. The molecular formula is C17H12ClF2N3. The lowest BCUT2D eigenvalue weighted by atomic mass is 10.1. The van der Waals surface area contributed by atoms with Gasteiger partial charge in [-0.2, -0.15) is 0 Å². The predicted octanol–water partition coefficient (Wildman–Crippen LogP) is 4.69. The number of nitrogens with zero attached hydrogens (tertiary/aromatic N) is 2. The first-order valence-electron chi connectivity index (χ1n) is 6.88. The van der Waals surface area contributed by atoms with Gasteiger partial charge >= 0.3 is 0 Å². The summed E-state index contributed by atoms with van der Waals surface area (Å²) in [4.78, 5) is 8.05. The summed E-state index contributed by atoms with van der Waals surface area (Å²) in [6.07, 6.45) is 2.59. The molecule has 0 unspecified atom stereocenters. The van der Waals surface area contributed by atoms with Crippen molar-refractivity contribution in [2.45, 2.75) is 6.54 Å². The van der Waals surface area contributed by atoms with Gasteiger partial charge in [0, 0.05) is 18.3 Å². The second-order valence-corrected chi connectivity index (χ2v) is 5.27. The Hall–Kier alpha value is -2.53. The molecule has 0 amide bonds. The van der Waals surface area contributed by atoms with Gasteiger partial charge in [-0.3, -0.25) is 4.98 Å². The molecule has 1 aromatic carbocycles. The molecule has 0 saturated heterocycles. The van der Waals surface area contributed by atoms with Crippen molar-refractivity contribution >= 4 is 17.4 Å². The van der Waals surface area contributed by atoms with Crippen LogP contribution in [0.4, 0.5) is 14.6 Å². The molecule has 3 rings (SSSR count). The van der Waals surface area contributed by atoms with E-state index in [1.54, 1.807) is 24.3 Å². The summed E-state index contributed by atoms with van der Waals surface area (Å²) in [5.41, 5.74) is 1.38. The minimum absolute atomic E-state index is 0.277. The first kappa shape index (κ1) is 15.4. The summed E-state index contributed by atoms with van der Waals surface area (Å²) in [5.74, 6) is -0.276. The maximum absolute atomic E-state index is 13.9. The van der Waals surface area contributed by atoms with Crippen LogP contribution in [0.2, 0.25) is 5.02 Å². The van der Waals surface area contributed by atoms with Gasteiger partial charge in [-0.25, -0.2) is 13.8 Å². The third-order valence-corrected chi connectivity index (χ3v) is 3.54. The largest absolute Gasteiger partial charge is 0.366 e. The van der Waals surface area contributed by atoms with Gasteiger partial charge in [-0.05, 0) is 35.9 Å². The molecule has 0 aliphatic rings. The van der Waals surface area contributed by atoms with Crippen LogP contribution in [0.15, 0.2) is 54.9 Å². The summed E-state index contributed by atoms with van der Waals surface area (Å²) < 4.78 is 27.0. The standard InChI is InChI=1S/C17H12ClF2N3/c18-14-4-5-16(22-9-11-2-1-3-12(19)8-11)23-17(14)13-6-7-21-10-15(13)20/h1-8,10H,9H2,(H,22,23). The maximum Gasteiger partial charge on any atom is 0.150 e. The van der Waals surface area contributed by atoms with Crippen LogP contribution in [0.3, 0.4) is 0 Å². The lowest BCUT2D eigenvalue weighted by Crippen LogP contribution is -2.02. The number of aromatic nitrogens is 2. The molecule has 3 nitrogen and oxygen atoms in total. The molecule has 23 heavy (non-hydrogen) atoms. The lowest BCUT2D eigenvalue weighted by molar-refractivity contribution is 0.624. The van der Waals surface area contributed by atoms with E-state index in [1.807, 2.05) is 0 Å². The summed E-state index contributed by atoms with van der Waals surface area (Å²) in [6, 6.07) is 11.1. The number of nitrogens with one attached hydrogen (secondary N) is 1. The molecule has 0 fully saturated rings. The van der Waals surface area contributed by atoms with Crippen LogP contribution in [-0.4, -0.2) is 9.97 Å². The van der Waals surface area contributed by atoms with Crippen LogP contribution >= 0.6 is 11.6 Å². The highest BCUT2D eigenvalue weighted by Crippen LogP contribution is 2.29. The number of hydrogen-bond acceptors (Lipinski definition) is 3. The minimum atomic E-state index is -0.496. The van der Waals surface area contributed by atoms with Crippen molar-refractivity contribution in [2.24, 2.45) is 0 Å². The SMILES string of the molecule is Fc1cccc(CNc2ccc(Cl)c(-c3ccncc3F)n2)c1. The maximum atomic E-state index is 13.9. The van der Waals surface area contributed by atoms with E-state index < -0.39 is 5.82 Å². The van der Waals surface area contributed by atoms with E-state index in [9.17, 15) is 8.78 Å². The van der Waals surface area contributed by atoms with E-state index in [0.717, 1.165) is 11.8 Å². The Labute approximate surface area is 137 Å². The summed E-state index contributed by atoms with van der Waals surface area (Å²) in [5, 5.41) is 3.41. The zero-order valence-corrected chi connectivity index (χ0v) is 12.7. The van der Waals surface area contributed by atoms with Gasteiger partial charge in [0.05, 0.1) is 16.9 Å². The molecule has 2 aromatic heterocycles. The van der Waals surface area contributed by atoms with Crippen LogP contribution in [0, 0.1) is 11.6 Å². The fourth-order valence-corrected chi connectivity index (χ4v) is 2.34. The van der Waals surface area contributed by atoms with Gasteiger partial charge in [0.1, 0.15) is 11.6 Å². The highest BCUT2D eigenvalue weighted by molar-refractivity contribution is 6.33. The summed E-state index contributed by atoms with van der Waals surface area (Å²) >= 11 is 6.11. The Morgan fingerprint density at radius 2 is 1.96 bits per heavy atom. The first-order valence-corrected chi connectivity index (χ1v) is 7.26. The van der Waals surface area contributed by atoms with Crippen LogP contribution in [0.25, 0.3) is 11.3 Å². The number of hydrogen-bond donors (Lipinski definition) is 1.